The first-order valence-corrected chi connectivity index (χ1v) is 5.95. The van der Waals surface area contributed by atoms with Crippen LogP contribution < -0.4 is 11.2 Å². The molecule has 4 heteroatoms. The van der Waals surface area contributed by atoms with Crippen molar-refractivity contribution in [2.45, 2.75) is 44.6 Å². The van der Waals surface area contributed by atoms with Crippen LogP contribution in [0.2, 0.25) is 0 Å². The van der Waals surface area contributed by atoms with Crippen molar-refractivity contribution in [2.24, 2.45) is 11.7 Å². The minimum Gasteiger partial charge on any atom is -0.317 e. The van der Waals surface area contributed by atoms with Crippen molar-refractivity contribution in [1.29, 1.82) is 0 Å². The Bertz CT molecular complexity index is 242. The molecule has 1 atom stereocenters. The number of piperidine rings is 1. The van der Waals surface area contributed by atoms with E-state index in [1.54, 1.807) is 0 Å². The van der Waals surface area contributed by atoms with Gasteiger partial charge in [0.2, 0.25) is 0 Å². The molecule has 2 fully saturated rings. The van der Waals surface area contributed by atoms with Gasteiger partial charge in [0.1, 0.15) is 0 Å². The monoisotopic (exact) mass is 211 g/mol. The Balaban J connectivity index is 1.84. The summed E-state index contributed by atoms with van der Waals surface area (Å²) in [6, 6.07) is 0. The van der Waals surface area contributed by atoms with Gasteiger partial charge < -0.3 is 5.73 Å². The van der Waals surface area contributed by atoms with E-state index in [-0.39, 0.29) is 5.91 Å². The molecule has 4 nitrogen and oxygen atoms in total. The molecular weight excluding hydrogens is 190 g/mol. The van der Waals surface area contributed by atoms with Gasteiger partial charge in [-0.05, 0) is 38.5 Å². The third kappa shape index (κ3) is 2.49. The van der Waals surface area contributed by atoms with Gasteiger partial charge in [0.05, 0.1) is 5.54 Å². The van der Waals surface area contributed by atoms with Crippen molar-refractivity contribution in [2.75, 3.05) is 13.1 Å². The fourth-order valence-corrected chi connectivity index (χ4v) is 2.14. The molecule has 1 saturated carbocycles. The van der Waals surface area contributed by atoms with Crippen LogP contribution in [0.25, 0.3) is 0 Å². The van der Waals surface area contributed by atoms with Gasteiger partial charge in [0.15, 0.2) is 0 Å². The molecule has 1 saturated heterocycles. The maximum absolute atomic E-state index is 11.9. The van der Waals surface area contributed by atoms with Crippen LogP contribution in [0.15, 0.2) is 0 Å². The molecule has 0 spiro atoms. The second-order valence-electron chi connectivity index (χ2n) is 5.05. The summed E-state index contributed by atoms with van der Waals surface area (Å²) in [6.45, 7) is 3.78. The lowest BCUT2D eigenvalue weighted by atomic mass is 9.96. The summed E-state index contributed by atoms with van der Waals surface area (Å²) in [5, 5.41) is 2.01. The van der Waals surface area contributed by atoms with Crippen molar-refractivity contribution in [3.63, 3.8) is 0 Å². The van der Waals surface area contributed by atoms with Crippen LogP contribution in [0.5, 0.6) is 0 Å². The highest BCUT2D eigenvalue weighted by atomic mass is 16.2. The number of hydrogen-bond donors (Lipinski definition) is 2. The van der Waals surface area contributed by atoms with Crippen LogP contribution >= 0.6 is 0 Å². The Morgan fingerprint density at radius 3 is 2.47 bits per heavy atom. The first kappa shape index (κ1) is 10.9. The van der Waals surface area contributed by atoms with Gasteiger partial charge in [-0.3, -0.25) is 10.2 Å². The summed E-state index contributed by atoms with van der Waals surface area (Å²) in [5.41, 5.74) is 8.32. The zero-order chi connectivity index (χ0) is 10.9. The zero-order valence-corrected chi connectivity index (χ0v) is 9.46. The molecule has 2 rings (SSSR count). The predicted octanol–water partition coefficient (Wildman–Crippen LogP) is 0.631. The minimum absolute atomic E-state index is 0.00750. The Morgan fingerprint density at radius 1 is 1.33 bits per heavy atom. The first-order valence-electron chi connectivity index (χ1n) is 5.95. The van der Waals surface area contributed by atoms with Gasteiger partial charge in [0.25, 0.3) is 5.91 Å². The van der Waals surface area contributed by atoms with Crippen LogP contribution in [0.4, 0.5) is 0 Å². The SMILES string of the molecule is CC(N)(C(=O)NN1CCCCC1)C1CC1. The molecule has 1 heterocycles. The molecule has 0 aromatic rings. The van der Waals surface area contributed by atoms with Crippen molar-refractivity contribution < 1.29 is 4.79 Å². The average molecular weight is 211 g/mol. The molecule has 0 aromatic heterocycles. The molecule has 0 aromatic carbocycles. The normalized spacial score (nSPS) is 27.1. The maximum Gasteiger partial charge on any atom is 0.254 e. The summed E-state index contributed by atoms with van der Waals surface area (Å²) < 4.78 is 0. The van der Waals surface area contributed by atoms with E-state index in [4.69, 9.17) is 5.73 Å². The second kappa shape index (κ2) is 4.10. The zero-order valence-electron chi connectivity index (χ0n) is 9.46. The number of carbonyl (C=O) groups excluding carboxylic acids is 1. The number of amides is 1. The average Bonchev–Trinajstić information content (AvgIpc) is 3.02. The number of nitrogens with one attached hydrogen (secondary N) is 1. The third-order valence-electron chi connectivity index (χ3n) is 3.53. The Labute approximate surface area is 91.2 Å². The lowest BCUT2D eigenvalue weighted by Crippen LogP contribution is -2.58. The van der Waals surface area contributed by atoms with Crippen molar-refractivity contribution in [3.05, 3.63) is 0 Å². The van der Waals surface area contributed by atoms with Gasteiger partial charge in [-0.2, -0.15) is 0 Å². The lowest BCUT2D eigenvalue weighted by molar-refractivity contribution is -0.132. The van der Waals surface area contributed by atoms with Crippen LogP contribution in [-0.4, -0.2) is 29.5 Å². The Kier molecular flexibility index (Phi) is 2.98. The highest BCUT2D eigenvalue weighted by Gasteiger charge is 2.44. The maximum atomic E-state index is 11.9. The molecule has 0 radical (unpaired) electrons. The van der Waals surface area contributed by atoms with E-state index in [1.165, 1.54) is 19.3 Å². The number of nitrogens with zero attached hydrogens (tertiary/aromatic N) is 1. The number of carbonyl (C=O) groups is 1. The van der Waals surface area contributed by atoms with Gasteiger partial charge in [-0.25, -0.2) is 5.01 Å². The van der Waals surface area contributed by atoms with E-state index < -0.39 is 5.54 Å². The summed E-state index contributed by atoms with van der Waals surface area (Å²) >= 11 is 0. The molecule has 1 aliphatic carbocycles. The number of rotatable bonds is 3. The standard InChI is InChI=1S/C11H21N3O/c1-11(12,9-5-6-9)10(15)13-14-7-3-2-4-8-14/h9H,2-8,12H2,1H3,(H,13,15). The predicted molar refractivity (Wildman–Crippen MR) is 58.9 cm³/mol. The van der Waals surface area contributed by atoms with Crippen LogP contribution in [-0.2, 0) is 4.79 Å². The Hall–Kier alpha value is -0.610. The molecule has 1 aliphatic heterocycles. The number of hydrazine groups is 1. The molecule has 15 heavy (non-hydrogen) atoms. The second-order valence-corrected chi connectivity index (χ2v) is 5.05. The first-order chi connectivity index (χ1) is 7.10. The molecule has 86 valence electrons. The van der Waals surface area contributed by atoms with E-state index in [2.05, 4.69) is 5.43 Å². The molecule has 1 amide bonds. The molecule has 3 N–H and O–H groups in total. The minimum atomic E-state index is -0.669. The fourth-order valence-electron chi connectivity index (χ4n) is 2.14. The summed E-state index contributed by atoms with van der Waals surface area (Å²) in [6.07, 6.45) is 5.81. The molecule has 2 aliphatic rings. The Morgan fingerprint density at radius 2 is 1.93 bits per heavy atom. The van der Waals surface area contributed by atoms with Gasteiger partial charge in [0, 0.05) is 13.1 Å². The van der Waals surface area contributed by atoms with E-state index in [1.807, 2.05) is 11.9 Å². The molecular formula is C11H21N3O. The van der Waals surface area contributed by atoms with E-state index >= 15 is 0 Å². The summed E-state index contributed by atoms with van der Waals surface area (Å²) in [4.78, 5) is 11.9. The summed E-state index contributed by atoms with van der Waals surface area (Å²) in [7, 11) is 0. The molecule has 0 bridgehead atoms. The lowest BCUT2D eigenvalue weighted by Gasteiger charge is -2.31. The van der Waals surface area contributed by atoms with Crippen molar-refractivity contribution in [3.8, 4) is 0 Å². The van der Waals surface area contributed by atoms with Crippen LogP contribution in [0.1, 0.15) is 39.0 Å². The fraction of sp³-hybridized carbons (Fsp3) is 0.909. The summed E-state index contributed by atoms with van der Waals surface area (Å²) in [5.74, 6) is 0.384. The molecule has 1 unspecified atom stereocenters. The topological polar surface area (TPSA) is 58.4 Å². The highest BCUT2D eigenvalue weighted by Crippen LogP contribution is 2.38. The van der Waals surface area contributed by atoms with Gasteiger partial charge >= 0.3 is 0 Å². The largest absolute Gasteiger partial charge is 0.317 e. The smallest absolute Gasteiger partial charge is 0.254 e. The highest BCUT2D eigenvalue weighted by molar-refractivity contribution is 5.86. The van der Waals surface area contributed by atoms with Gasteiger partial charge in [-0.1, -0.05) is 6.42 Å². The van der Waals surface area contributed by atoms with E-state index in [0.717, 1.165) is 25.9 Å². The third-order valence-corrected chi connectivity index (χ3v) is 3.53. The van der Waals surface area contributed by atoms with Crippen LogP contribution in [0, 0.1) is 5.92 Å². The van der Waals surface area contributed by atoms with Crippen LogP contribution in [0.3, 0.4) is 0 Å². The van der Waals surface area contributed by atoms with Crippen molar-refractivity contribution >= 4 is 5.91 Å². The quantitative estimate of drug-likeness (QED) is 0.720. The van der Waals surface area contributed by atoms with Gasteiger partial charge in [-0.15, -0.1) is 0 Å². The van der Waals surface area contributed by atoms with Crippen molar-refractivity contribution in [1.82, 2.24) is 10.4 Å². The number of nitrogens with two attached hydrogens (primary N) is 1. The van der Waals surface area contributed by atoms with E-state index in [0.29, 0.717) is 5.92 Å². The number of hydrogen-bond acceptors (Lipinski definition) is 3. The van der Waals surface area contributed by atoms with E-state index in [9.17, 15) is 4.79 Å².